The summed E-state index contributed by atoms with van der Waals surface area (Å²) in [6, 6.07) is 0.729. The molecule has 2 nitrogen and oxygen atoms in total. The molecule has 0 amide bonds. The Kier molecular flexibility index (Phi) is 4.20. The molecular formula is C13H26N2S. The van der Waals surface area contributed by atoms with Crippen molar-refractivity contribution in [1.29, 1.82) is 0 Å². The third-order valence-corrected chi connectivity index (χ3v) is 6.02. The van der Waals surface area contributed by atoms with Gasteiger partial charge in [0.25, 0.3) is 0 Å². The average Bonchev–Trinajstić information content (AvgIpc) is 2.51. The molecule has 0 spiro atoms. The largest absolute Gasteiger partial charge is 0.329 e. The number of hydrogen-bond acceptors (Lipinski definition) is 3. The lowest BCUT2D eigenvalue weighted by atomic mass is 9.88. The topological polar surface area (TPSA) is 29.3 Å². The van der Waals surface area contributed by atoms with Crippen LogP contribution in [0.5, 0.6) is 0 Å². The van der Waals surface area contributed by atoms with Gasteiger partial charge in [-0.2, -0.15) is 11.8 Å². The summed E-state index contributed by atoms with van der Waals surface area (Å²) < 4.78 is 0. The maximum absolute atomic E-state index is 6.15. The van der Waals surface area contributed by atoms with E-state index >= 15 is 0 Å². The van der Waals surface area contributed by atoms with Gasteiger partial charge in [-0.15, -0.1) is 0 Å². The number of nitrogens with two attached hydrogens (primary N) is 1. The molecule has 3 unspecified atom stereocenters. The van der Waals surface area contributed by atoms with Crippen LogP contribution in [0.1, 0.15) is 46.0 Å². The second-order valence-electron chi connectivity index (χ2n) is 5.46. The fourth-order valence-corrected chi connectivity index (χ4v) is 4.95. The van der Waals surface area contributed by atoms with Crippen LogP contribution < -0.4 is 5.73 Å². The van der Waals surface area contributed by atoms with Gasteiger partial charge in [-0.05, 0) is 38.5 Å². The number of likely N-dealkylation sites (tertiary alicyclic amines) is 1. The zero-order chi connectivity index (χ0) is 11.6. The molecule has 94 valence electrons. The van der Waals surface area contributed by atoms with E-state index < -0.39 is 0 Å². The lowest BCUT2D eigenvalue weighted by Gasteiger charge is -2.46. The van der Waals surface area contributed by atoms with E-state index in [4.69, 9.17) is 5.73 Å². The van der Waals surface area contributed by atoms with Gasteiger partial charge in [0.15, 0.2) is 0 Å². The van der Waals surface area contributed by atoms with Gasteiger partial charge in [-0.1, -0.05) is 19.8 Å². The quantitative estimate of drug-likeness (QED) is 0.806. The van der Waals surface area contributed by atoms with Gasteiger partial charge in [-0.3, -0.25) is 4.90 Å². The van der Waals surface area contributed by atoms with E-state index in [0.717, 1.165) is 12.6 Å². The van der Waals surface area contributed by atoms with Crippen LogP contribution in [0.25, 0.3) is 0 Å². The van der Waals surface area contributed by atoms with Crippen LogP contribution in [0, 0.1) is 0 Å². The molecule has 0 saturated carbocycles. The van der Waals surface area contributed by atoms with E-state index in [1.807, 2.05) is 0 Å². The molecule has 2 saturated heterocycles. The molecule has 3 atom stereocenters. The average molecular weight is 242 g/mol. The van der Waals surface area contributed by atoms with Crippen molar-refractivity contribution < 1.29 is 0 Å². The van der Waals surface area contributed by atoms with E-state index in [1.165, 1.54) is 44.4 Å². The Morgan fingerprint density at radius 1 is 1.31 bits per heavy atom. The summed E-state index contributed by atoms with van der Waals surface area (Å²) in [6.07, 6.45) is 6.82. The lowest BCUT2D eigenvalue weighted by Crippen LogP contribution is -2.60. The van der Waals surface area contributed by atoms with E-state index in [0.29, 0.717) is 10.8 Å². The van der Waals surface area contributed by atoms with Crippen LogP contribution in [0.2, 0.25) is 0 Å². The molecule has 0 aromatic carbocycles. The van der Waals surface area contributed by atoms with Crippen molar-refractivity contribution in [3.8, 4) is 0 Å². The summed E-state index contributed by atoms with van der Waals surface area (Å²) in [5, 5.41) is 0.707. The monoisotopic (exact) mass is 242 g/mol. The molecule has 0 aliphatic carbocycles. The van der Waals surface area contributed by atoms with Crippen LogP contribution in [0.3, 0.4) is 0 Å². The van der Waals surface area contributed by atoms with Crippen molar-refractivity contribution >= 4 is 11.8 Å². The highest BCUT2D eigenvalue weighted by Gasteiger charge is 2.46. The highest BCUT2D eigenvalue weighted by Crippen LogP contribution is 2.41. The number of hydrogen-bond donors (Lipinski definition) is 1. The summed E-state index contributed by atoms with van der Waals surface area (Å²) >= 11 is 2.11. The summed E-state index contributed by atoms with van der Waals surface area (Å²) in [6.45, 7) is 6.88. The number of nitrogens with zero attached hydrogens (tertiary/aromatic N) is 1. The Bertz CT molecular complexity index is 234. The second kappa shape index (κ2) is 5.28. The predicted octanol–water partition coefficient (Wildman–Crippen LogP) is 2.47. The Balaban J connectivity index is 2.18. The third kappa shape index (κ3) is 2.14. The zero-order valence-corrected chi connectivity index (χ0v) is 11.6. The van der Waals surface area contributed by atoms with E-state index in [9.17, 15) is 0 Å². The van der Waals surface area contributed by atoms with Crippen molar-refractivity contribution in [3.05, 3.63) is 0 Å². The molecule has 0 aromatic heterocycles. The minimum Gasteiger partial charge on any atom is -0.329 e. The molecule has 0 aromatic rings. The first-order chi connectivity index (χ1) is 7.70. The Hall–Kier alpha value is 0.270. The molecule has 2 rings (SSSR count). The smallest absolute Gasteiger partial charge is 0.0458 e. The van der Waals surface area contributed by atoms with Gasteiger partial charge in [0, 0.05) is 23.4 Å². The van der Waals surface area contributed by atoms with Crippen LogP contribution in [-0.2, 0) is 0 Å². The summed E-state index contributed by atoms with van der Waals surface area (Å²) in [5.74, 6) is 1.29. The lowest BCUT2D eigenvalue weighted by molar-refractivity contribution is 0.0604. The van der Waals surface area contributed by atoms with Gasteiger partial charge in [0.2, 0.25) is 0 Å². The van der Waals surface area contributed by atoms with E-state index in [-0.39, 0.29) is 0 Å². The van der Waals surface area contributed by atoms with Gasteiger partial charge in [-0.25, -0.2) is 0 Å². The Morgan fingerprint density at radius 2 is 2.12 bits per heavy atom. The molecule has 3 heteroatoms. The van der Waals surface area contributed by atoms with Gasteiger partial charge < -0.3 is 5.73 Å². The molecule has 2 fully saturated rings. The minimum absolute atomic E-state index is 0.300. The Labute approximate surface area is 104 Å². The third-order valence-electron chi connectivity index (χ3n) is 4.64. The molecule has 2 N–H and O–H groups in total. The van der Waals surface area contributed by atoms with Crippen LogP contribution >= 0.6 is 11.8 Å². The maximum atomic E-state index is 6.15. The van der Waals surface area contributed by atoms with Gasteiger partial charge >= 0.3 is 0 Å². The van der Waals surface area contributed by atoms with Crippen molar-refractivity contribution in [2.75, 3.05) is 18.8 Å². The fourth-order valence-electron chi connectivity index (χ4n) is 3.47. The maximum Gasteiger partial charge on any atom is 0.0458 e. The first kappa shape index (κ1) is 12.7. The standard InChI is InChI=1S/C13H26N2S/c1-11-6-4-3-5-8-15(11)13(10-14)7-9-16-12(13)2/h11-12H,3-10,14H2,1-2H3. The molecule has 16 heavy (non-hydrogen) atoms. The molecule has 0 radical (unpaired) electrons. The van der Waals surface area contributed by atoms with Gasteiger partial charge in [0.1, 0.15) is 0 Å². The Morgan fingerprint density at radius 3 is 2.75 bits per heavy atom. The molecule has 0 bridgehead atoms. The summed E-state index contributed by atoms with van der Waals surface area (Å²) in [7, 11) is 0. The number of thioether (sulfide) groups is 1. The first-order valence-corrected chi connectivity index (χ1v) is 7.84. The van der Waals surface area contributed by atoms with Crippen LogP contribution in [0.4, 0.5) is 0 Å². The van der Waals surface area contributed by atoms with E-state index in [2.05, 4.69) is 30.5 Å². The summed E-state index contributed by atoms with van der Waals surface area (Å²) in [5.41, 5.74) is 6.45. The fraction of sp³-hybridized carbons (Fsp3) is 1.00. The summed E-state index contributed by atoms with van der Waals surface area (Å²) in [4.78, 5) is 2.75. The molecule has 2 aliphatic heterocycles. The van der Waals surface area contributed by atoms with Crippen molar-refractivity contribution in [2.45, 2.75) is 62.8 Å². The second-order valence-corrected chi connectivity index (χ2v) is 6.91. The van der Waals surface area contributed by atoms with E-state index in [1.54, 1.807) is 0 Å². The zero-order valence-electron chi connectivity index (χ0n) is 10.7. The highest BCUT2D eigenvalue weighted by atomic mass is 32.2. The normalized spacial score (nSPS) is 42.2. The van der Waals surface area contributed by atoms with Gasteiger partial charge in [0.05, 0.1) is 0 Å². The van der Waals surface area contributed by atoms with Crippen molar-refractivity contribution in [2.24, 2.45) is 5.73 Å². The first-order valence-electron chi connectivity index (χ1n) is 6.79. The molecule has 2 aliphatic rings. The highest BCUT2D eigenvalue weighted by molar-refractivity contribution is 8.00. The van der Waals surface area contributed by atoms with Crippen molar-refractivity contribution in [3.63, 3.8) is 0 Å². The van der Waals surface area contributed by atoms with Crippen LogP contribution in [-0.4, -0.2) is 40.6 Å². The van der Waals surface area contributed by atoms with Crippen LogP contribution in [0.15, 0.2) is 0 Å². The number of rotatable bonds is 2. The predicted molar refractivity (Wildman–Crippen MR) is 73.0 cm³/mol. The SMILES string of the molecule is CC1CCCCCN1C1(CN)CCSC1C. The minimum atomic E-state index is 0.300. The molecule has 2 heterocycles. The molecular weight excluding hydrogens is 216 g/mol. The van der Waals surface area contributed by atoms with Crippen molar-refractivity contribution in [1.82, 2.24) is 4.90 Å².